The quantitative estimate of drug-likeness (QED) is 0.482. The van der Waals surface area contributed by atoms with Gasteiger partial charge < -0.3 is 5.11 Å². The number of anilines is 1. The normalized spacial score (nSPS) is 16.3. The summed E-state index contributed by atoms with van der Waals surface area (Å²) in [4.78, 5) is 26.2. The first-order valence-corrected chi connectivity index (χ1v) is 8.12. The Hall–Kier alpha value is -2.70. The van der Waals surface area contributed by atoms with Crippen molar-refractivity contribution in [2.75, 3.05) is 4.90 Å². The van der Waals surface area contributed by atoms with Gasteiger partial charge in [0, 0.05) is 10.6 Å². The second kappa shape index (κ2) is 6.66. The number of benzene rings is 2. The predicted molar refractivity (Wildman–Crippen MR) is 100 cm³/mol. The van der Waals surface area contributed by atoms with E-state index in [-0.39, 0.29) is 16.4 Å². The van der Waals surface area contributed by atoms with Gasteiger partial charge in [0.05, 0.1) is 5.69 Å². The lowest BCUT2D eigenvalue weighted by molar-refractivity contribution is -0.122. The third kappa shape index (κ3) is 3.40. The van der Waals surface area contributed by atoms with Crippen molar-refractivity contribution in [3.63, 3.8) is 0 Å². The molecule has 2 amide bonds. The van der Waals surface area contributed by atoms with Crippen LogP contribution in [0, 0.1) is 6.92 Å². The largest absolute Gasteiger partial charge is 0.507 e. The van der Waals surface area contributed by atoms with Crippen LogP contribution in [0.3, 0.4) is 0 Å². The van der Waals surface area contributed by atoms with E-state index < -0.39 is 11.8 Å². The van der Waals surface area contributed by atoms with Gasteiger partial charge in [0.25, 0.3) is 11.8 Å². The molecule has 1 fully saturated rings. The number of phenols is 1. The third-order valence-electron chi connectivity index (χ3n) is 3.67. The molecule has 0 spiro atoms. The predicted octanol–water partition coefficient (Wildman–Crippen LogP) is 3.19. The maximum atomic E-state index is 12.8. The summed E-state index contributed by atoms with van der Waals surface area (Å²) in [6.07, 6.45) is 1.34. The molecular formula is C18H13ClN2O3S. The molecule has 2 N–H and O–H groups in total. The summed E-state index contributed by atoms with van der Waals surface area (Å²) >= 11 is 11.0. The van der Waals surface area contributed by atoms with Crippen LogP contribution in [0.2, 0.25) is 5.02 Å². The van der Waals surface area contributed by atoms with Crippen LogP contribution in [-0.4, -0.2) is 22.0 Å². The first-order chi connectivity index (χ1) is 11.9. The molecule has 0 radical (unpaired) electrons. The van der Waals surface area contributed by atoms with Crippen LogP contribution in [0.1, 0.15) is 11.1 Å². The van der Waals surface area contributed by atoms with Crippen molar-refractivity contribution in [3.8, 4) is 5.75 Å². The summed E-state index contributed by atoms with van der Waals surface area (Å²) in [5.74, 6) is -1.20. The average molecular weight is 373 g/mol. The lowest BCUT2D eigenvalue weighted by atomic mass is 10.0. The lowest BCUT2D eigenvalue weighted by Gasteiger charge is -2.29. The standard InChI is InChI=1S/C18H13ClN2O3S/c1-10-2-3-11(15(22)8-10)9-14-16(23)20-18(25)21(17(14)24)13-6-4-12(19)5-7-13/h2-9,22H,1H3,(H,20,23,25). The van der Waals surface area contributed by atoms with Gasteiger partial charge in [-0.1, -0.05) is 23.7 Å². The Morgan fingerprint density at radius 3 is 2.48 bits per heavy atom. The molecule has 7 heteroatoms. The lowest BCUT2D eigenvalue weighted by Crippen LogP contribution is -2.54. The monoisotopic (exact) mass is 372 g/mol. The molecule has 2 aromatic rings. The van der Waals surface area contributed by atoms with Gasteiger partial charge in [0.15, 0.2) is 5.11 Å². The maximum absolute atomic E-state index is 12.8. The number of rotatable bonds is 2. The van der Waals surface area contributed by atoms with E-state index in [2.05, 4.69) is 5.32 Å². The molecule has 0 aliphatic carbocycles. The number of nitrogens with one attached hydrogen (secondary N) is 1. The van der Waals surface area contributed by atoms with Gasteiger partial charge in [-0.3, -0.25) is 19.8 Å². The number of nitrogens with zero attached hydrogens (tertiary/aromatic N) is 1. The molecule has 2 aromatic carbocycles. The fourth-order valence-corrected chi connectivity index (χ4v) is 2.82. The highest BCUT2D eigenvalue weighted by Crippen LogP contribution is 2.26. The molecule has 1 aliphatic heterocycles. The fourth-order valence-electron chi connectivity index (χ4n) is 2.41. The summed E-state index contributed by atoms with van der Waals surface area (Å²) in [5, 5.41) is 13.0. The van der Waals surface area contributed by atoms with Crippen molar-refractivity contribution >= 4 is 52.5 Å². The van der Waals surface area contributed by atoms with E-state index in [4.69, 9.17) is 23.8 Å². The Kier molecular flexibility index (Phi) is 4.57. The van der Waals surface area contributed by atoms with Crippen LogP contribution in [0.4, 0.5) is 5.69 Å². The molecule has 3 rings (SSSR count). The van der Waals surface area contributed by atoms with Crippen molar-refractivity contribution in [2.45, 2.75) is 6.92 Å². The molecule has 126 valence electrons. The van der Waals surface area contributed by atoms with Gasteiger partial charge in [0.1, 0.15) is 11.3 Å². The Labute approximate surface area is 154 Å². The van der Waals surface area contributed by atoms with Crippen LogP contribution in [0.15, 0.2) is 48.0 Å². The van der Waals surface area contributed by atoms with Crippen molar-refractivity contribution in [3.05, 3.63) is 64.2 Å². The van der Waals surface area contributed by atoms with Gasteiger partial charge in [-0.15, -0.1) is 0 Å². The molecule has 1 aliphatic rings. The van der Waals surface area contributed by atoms with Crippen LogP contribution in [0.25, 0.3) is 6.08 Å². The Morgan fingerprint density at radius 1 is 1.16 bits per heavy atom. The van der Waals surface area contributed by atoms with Gasteiger partial charge in [-0.25, -0.2) is 0 Å². The van der Waals surface area contributed by atoms with Crippen molar-refractivity contribution in [2.24, 2.45) is 0 Å². The smallest absolute Gasteiger partial charge is 0.270 e. The number of carbonyl (C=O) groups excluding carboxylic acids is 2. The van der Waals surface area contributed by atoms with Crippen LogP contribution < -0.4 is 10.2 Å². The molecule has 1 saturated heterocycles. The zero-order valence-electron chi connectivity index (χ0n) is 13.1. The summed E-state index contributed by atoms with van der Waals surface area (Å²) in [5.41, 5.74) is 1.59. The zero-order chi connectivity index (χ0) is 18.1. The Balaban J connectivity index is 2.03. The number of hydrogen-bond acceptors (Lipinski definition) is 4. The number of thiocarbonyl (C=S) groups is 1. The van der Waals surface area contributed by atoms with Crippen LogP contribution in [-0.2, 0) is 9.59 Å². The number of phenolic OH excluding ortho intramolecular Hbond substituents is 1. The Bertz CT molecular complexity index is 922. The maximum Gasteiger partial charge on any atom is 0.270 e. The second-order valence-corrected chi connectivity index (χ2v) is 6.32. The van der Waals surface area contributed by atoms with Gasteiger partial charge in [-0.2, -0.15) is 0 Å². The van der Waals surface area contributed by atoms with E-state index in [1.54, 1.807) is 42.5 Å². The molecule has 0 aromatic heterocycles. The Morgan fingerprint density at radius 2 is 1.84 bits per heavy atom. The van der Waals surface area contributed by atoms with Gasteiger partial charge >= 0.3 is 0 Å². The summed E-state index contributed by atoms with van der Waals surface area (Å²) in [6.45, 7) is 1.83. The van der Waals surface area contributed by atoms with Crippen LogP contribution in [0.5, 0.6) is 5.75 Å². The van der Waals surface area contributed by atoms with E-state index in [1.807, 2.05) is 6.92 Å². The van der Waals surface area contributed by atoms with Crippen molar-refractivity contribution < 1.29 is 14.7 Å². The summed E-state index contributed by atoms with van der Waals surface area (Å²) in [6, 6.07) is 11.5. The summed E-state index contributed by atoms with van der Waals surface area (Å²) in [7, 11) is 0. The first-order valence-electron chi connectivity index (χ1n) is 7.33. The molecular weight excluding hydrogens is 360 g/mol. The van der Waals surface area contributed by atoms with E-state index in [9.17, 15) is 14.7 Å². The minimum Gasteiger partial charge on any atom is -0.507 e. The van der Waals surface area contributed by atoms with E-state index in [0.717, 1.165) is 5.56 Å². The van der Waals surface area contributed by atoms with Gasteiger partial charge in [-0.05, 0) is 61.1 Å². The molecule has 0 unspecified atom stereocenters. The zero-order valence-corrected chi connectivity index (χ0v) is 14.7. The molecule has 0 saturated carbocycles. The number of hydrogen-bond donors (Lipinski definition) is 2. The van der Waals surface area contributed by atoms with Crippen molar-refractivity contribution in [1.82, 2.24) is 5.32 Å². The number of halogens is 1. The third-order valence-corrected chi connectivity index (χ3v) is 4.21. The SMILES string of the molecule is Cc1ccc(C=C2C(=O)NC(=S)N(c3ccc(Cl)cc3)C2=O)c(O)c1. The highest BCUT2D eigenvalue weighted by atomic mass is 35.5. The minimum absolute atomic E-state index is 0.0115. The number of carbonyl (C=O) groups is 2. The van der Waals surface area contributed by atoms with E-state index >= 15 is 0 Å². The molecule has 5 nitrogen and oxygen atoms in total. The van der Waals surface area contributed by atoms with Crippen molar-refractivity contribution in [1.29, 1.82) is 0 Å². The van der Waals surface area contributed by atoms with Gasteiger partial charge in [0.2, 0.25) is 0 Å². The van der Waals surface area contributed by atoms with Crippen LogP contribution >= 0.6 is 23.8 Å². The average Bonchev–Trinajstić information content (AvgIpc) is 2.55. The number of amides is 2. The van der Waals surface area contributed by atoms with E-state index in [0.29, 0.717) is 16.3 Å². The topological polar surface area (TPSA) is 69.6 Å². The number of aryl methyl sites for hydroxylation is 1. The highest BCUT2D eigenvalue weighted by Gasteiger charge is 2.34. The number of aromatic hydroxyl groups is 1. The summed E-state index contributed by atoms with van der Waals surface area (Å²) < 4.78 is 0. The first kappa shape index (κ1) is 17.1. The molecule has 0 atom stereocenters. The molecule has 1 heterocycles. The second-order valence-electron chi connectivity index (χ2n) is 5.50. The molecule has 25 heavy (non-hydrogen) atoms. The fraction of sp³-hybridized carbons (Fsp3) is 0.0556. The van der Waals surface area contributed by atoms with E-state index in [1.165, 1.54) is 11.0 Å². The minimum atomic E-state index is -0.611. The molecule has 0 bridgehead atoms. The highest BCUT2D eigenvalue weighted by molar-refractivity contribution is 7.80.